The topological polar surface area (TPSA) is 52.0 Å². The first-order chi connectivity index (χ1) is 10.5. The van der Waals surface area contributed by atoms with Gasteiger partial charge < -0.3 is 11.5 Å². The molecule has 0 saturated heterocycles. The molecule has 4 N–H and O–H groups in total. The molecule has 3 rings (SSSR count). The van der Waals surface area contributed by atoms with Crippen LogP contribution < -0.4 is 11.5 Å². The van der Waals surface area contributed by atoms with Crippen molar-refractivity contribution >= 4 is 23.0 Å². The molecule has 0 atom stereocenters. The van der Waals surface area contributed by atoms with Crippen LogP contribution in [0.4, 0.5) is 11.4 Å². The average molecular weight is 311 g/mol. The van der Waals surface area contributed by atoms with Crippen LogP contribution in [0.3, 0.4) is 0 Å². The Labute approximate surface area is 136 Å². The fourth-order valence-electron chi connectivity index (χ4n) is 1.88. The van der Waals surface area contributed by atoms with E-state index in [1.54, 1.807) is 0 Å². The van der Waals surface area contributed by atoms with Gasteiger partial charge in [-0.1, -0.05) is 53.6 Å². The number of nitrogens with two attached hydrogens (primary N) is 2. The van der Waals surface area contributed by atoms with E-state index in [0.717, 1.165) is 27.5 Å². The lowest BCUT2D eigenvalue weighted by atomic mass is 10.1. The highest BCUT2D eigenvalue weighted by Crippen LogP contribution is 2.21. The van der Waals surface area contributed by atoms with Crippen molar-refractivity contribution in [1.82, 2.24) is 0 Å². The maximum Gasteiger partial charge on any atom is 0.0406 e. The minimum absolute atomic E-state index is 0.782. The Balaban J connectivity index is 0.000000188. The van der Waals surface area contributed by atoms with Gasteiger partial charge in [-0.15, -0.1) is 0 Å². The SMILES string of the molecule is Cc1ccc(Cl)cc1.Nc1ccc(-c2ccc(N)cc2)cc1. The highest BCUT2D eigenvalue weighted by Gasteiger charge is 1.95. The van der Waals surface area contributed by atoms with E-state index in [0.29, 0.717) is 0 Å². The third kappa shape index (κ3) is 4.83. The predicted molar refractivity (Wildman–Crippen MR) is 96.9 cm³/mol. The molecule has 0 spiro atoms. The molecule has 112 valence electrons. The summed E-state index contributed by atoms with van der Waals surface area (Å²) in [6, 6.07) is 23.3. The van der Waals surface area contributed by atoms with Crippen molar-refractivity contribution in [2.24, 2.45) is 0 Å². The van der Waals surface area contributed by atoms with Crippen LogP contribution in [0.15, 0.2) is 72.8 Å². The second kappa shape index (κ2) is 7.53. The summed E-state index contributed by atoms with van der Waals surface area (Å²) in [5.41, 5.74) is 16.3. The second-order valence-corrected chi connectivity index (χ2v) is 5.48. The van der Waals surface area contributed by atoms with Crippen LogP contribution in [0, 0.1) is 6.92 Å². The summed E-state index contributed by atoms with van der Waals surface area (Å²) in [4.78, 5) is 0. The zero-order valence-corrected chi connectivity index (χ0v) is 13.2. The molecule has 0 saturated carbocycles. The molecule has 0 amide bonds. The lowest BCUT2D eigenvalue weighted by Crippen LogP contribution is -1.85. The van der Waals surface area contributed by atoms with E-state index < -0.39 is 0 Å². The van der Waals surface area contributed by atoms with Crippen molar-refractivity contribution < 1.29 is 0 Å². The molecule has 0 aliphatic heterocycles. The zero-order chi connectivity index (χ0) is 15.9. The first-order valence-electron chi connectivity index (χ1n) is 6.98. The predicted octanol–water partition coefficient (Wildman–Crippen LogP) is 5.17. The van der Waals surface area contributed by atoms with Crippen molar-refractivity contribution in [3.63, 3.8) is 0 Å². The smallest absolute Gasteiger partial charge is 0.0406 e. The normalized spacial score (nSPS) is 9.73. The number of hydrogen-bond donors (Lipinski definition) is 2. The van der Waals surface area contributed by atoms with Gasteiger partial charge in [0.15, 0.2) is 0 Å². The van der Waals surface area contributed by atoms with Crippen LogP contribution in [-0.2, 0) is 0 Å². The van der Waals surface area contributed by atoms with Crippen molar-refractivity contribution in [2.45, 2.75) is 6.92 Å². The molecule has 0 heterocycles. The summed E-state index contributed by atoms with van der Waals surface area (Å²) in [5.74, 6) is 0. The van der Waals surface area contributed by atoms with Crippen LogP contribution in [-0.4, -0.2) is 0 Å². The molecule has 0 fully saturated rings. The van der Waals surface area contributed by atoms with Crippen molar-refractivity contribution in [3.05, 3.63) is 83.4 Å². The highest BCUT2D eigenvalue weighted by atomic mass is 35.5. The van der Waals surface area contributed by atoms with E-state index in [9.17, 15) is 0 Å². The highest BCUT2D eigenvalue weighted by molar-refractivity contribution is 6.30. The number of nitrogen functional groups attached to an aromatic ring is 2. The Morgan fingerprint density at radius 3 is 1.27 bits per heavy atom. The molecule has 3 aromatic carbocycles. The first-order valence-corrected chi connectivity index (χ1v) is 7.36. The summed E-state index contributed by atoms with van der Waals surface area (Å²) in [7, 11) is 0. The van der Waals surface area contributed by atoms with Crippen molar-refractivity contribution in [1.29, 1.82) is 0 Å². The van der Waals surface area contributed by atoms with E-state index in [1.165, 1.54) is 5.56 Å². The van der Waals surface area contributed by atoms with E-state index in [1.807, 2.05) is 79.7 Å². The number of aryl methyl sites for hydroxylation is 1. The number of anilines is 2. The minimum atomic E-state index is 0.782. The molecular formula is C19H19ClN2. The number of rotatable bonds is 1. The summed E-state index contributed by atoms with van der Waals surface area (Å²) in [6.07, 6.45) is 0. The number of hydrogen-bond acceptors (Lipinski definition) is 2. The Bertz CT molecular complexity index is 637. The summed E-state index contributed by atoms with van der Waals surface area (Å²) < 4.78 is 0. The van der Waals surface area contributed by atoms with Crippen LogP contribution in [0.1, 0.15) is 5.56 Å². The minimum Gasteiger partial charge on any atom is -0.399 e. The molecule has 22 heavy (non-hydrogen) atoms. The third-order valence-electron chi connectivity index (χ3n) is 3.17. The summed E-state index contributed by atoms with van der Waals surface area (Å²) in [6.45, 7) is 2.04. The summed E-state index contributed by atoms with van der Waals surface area (Å²) in [5, 5.41) is 0.801. The van der Waals surface area contributed by atoms with Crippen LogP contribution in [0.2, 0.25) is 5.02 Å². The van der Waals surface area contributed by atoms with Gasteiger partial charge in [-0.2, -0.15) is 0 Å². The lowest BCUT2D eigenvalue weighted by molar-refractivity contribution is 1.48. The average Bonchev–Trinajstić information content (AvgIpc) is 2.53. The molecular weight excluding hydrogens is 292 g/mol. The lowest BCUT2D eigenvalue weighted by Gasteiger charge is -2.02. The van der Waals surface area contributed by atoms with Gasteiger partial charge in [0.05, 0.1) is 0 Å². The van der Waals surface area contributed by atoms with Gasteiger partial charge in [-0.05, 0) is 54.4 Å². The van der Waals surface area contributed by atoms with Gasteiger partial charge in [0.1, 0.15) is 0 Å². The van der Waals surface area contributed by atoms with E-state index >= 15 is 0 Å². The van der Waals surface area contributed by atoms with Gasteiger partial charge in [0.2, 0.25) is 0 Å². The fourth-order valence-corrected chi connectivity index (χ4v) is 2.01. The van der Waals surface area contributed by atoms with Gasteiger partial charge in [0.25, 0.3) is 0 Å². The van der Waals surface area contributed by atoms with Crippen LogP contribution in [0.5, 0.6) is 0 Å². The monoisotopic (exact) mass is 310 g/mol. The third-order valence-corrected chi connectivity index (χ3v) is 3.42. The number of benzene rings is 3. The number of halogens is 1. The fraction of sp³-hybridized carbons (Fsp3) is 0.0526. The van der Waals surface area contributed by atoms with E-state index in [4.69, 9.17) is 23.1 Å². The van der Waals surface area contributed by atoms with Gasteiger partial charge in [0, 0.05) is 16.4 Å². The molecule has 0 aliphatic carbocycles. The Morgan fingerprint density at radius 2 is 0.955 bits per heavy atom. The molecule has 0 aliphatic rings. The van der Waals surface area contributed by atoms with Crippen LogP contribution >= 0.6 is 11.6 Å². The van der Waals surface area contributed by atoms with E-state index in [-0.39, 0.29) is 0 Å². The van der Waals surface area contributed by atoms with Gasteiger partial charge in [-0.25, -0.2) is 0 Å². The molecule has 0 radical (unpaired) electrons. The van der Waals surface area contributed by atoms with Gasteiger partial charge in [-0.3, -0.25) is 0 Å². The van der Waals surface area contributed by atoms with E-state index in [2.05, 4.69) is 0 Å². The standard InChI is InChI=1S/C12H12N2.C7H7Cl/c13-11-5-1-9(2-6-11)10-3-7-12(14)8-4-10;1-6-2-4-7(8)5-3-6/h1-8H,13-14H2;2-5H,1H3. The molecule has 3 aromatic rings. The molecule has 2 nitrogen and oxygen atoms in total. The molecule has 0 aromatic heterocycles. The maximum absolute atomic E-state index is 5.61. The van der Waals surface area contributed by atoms with Gasteiger partial charge >= 0.3 is 0 Å². The maximum atomic E-state index is 5.61. The second-order valence-electron chi connectivity index (χ2n) is 5.04. The van der Waals surface area contributed by atoms with Crippen molar-refractivity contribution in [2.75, 3.05) is 11.5 Å². The molecule has 3 heteroatoms. The Hall–Kier alpha value is -2.45. The zero-order valence-electron chi connectivity index (χ0n) is 12.5. The van der Waals surface area contributed by atoms with Crippen molar-refractivity contribution in [3.8, 4) is 11.1 Å². The Morgan fingerprint density at radius 1 is 0.591 bits per heavy atom. The quantitative estimate of drug-likeness (QED) is 0.609. The largest absolute Gasteiger partial charge is 0.399 e. The summed E-state index contributed by atoms with van der Waals surface area (Å²) >= 11 is 5.61. The first kappa shape index (κ1) is 15.9. The Kier molecular flexibility index (Phi) is 5.45. The molecule has 0 unspecified atom stereocenters. The molecule has 0 bridgehead atoms. The van der Waals surface area contributed by atoms with Crippen LogP contribution in [0.25, 0.3) is 11.1 Å².